The van der Waals surface area contributed by atoms with Crippen LogP contribution in [-0.4, -0.2) is 102 Å². The van der Waals surface area contributed by atoms with E-state index < -0.39 is 5.97 Å². The minimum absolute atomic E-state index is 0.324. The van der Waals surface area contributed by atoms with Gasteiger partial charge in [0.15, 0.2) is 0 Å². The van der Waals surface area contributed by atoms with Gasteiger partial charge in [0.25, 0.3) is 0 Å². The maximum absolute atomic E-state index is 11.9. The van der Waals surface area contributed by atoms with Crippen molar-refractivity contribution < 1.29 is 28.5 Å². The molecule has 170 valence electrons. The maximum Gasteiger partial charge on any atom is 0.356 e. The van der Waals surface area contributed by atoms with Crippen molar-refractivity contribution in [1.82, 2.24) is 15.2 Å². The molecule has 1 aromatic rings. The number of aromatic nitrogens is 1. The zero-order valence-electron chi connectivity index (χ0n) is 18.2. The molecule has 9 nitrogen and oxygen atoms in total. The van der Waals surface area contributed by atoms with Crippen LogP contribution in [0.25, 0.3) is 0 Å². The molecule has 0 spiro atoms. The number of carbonyl (C=O) groups excluding carboxylic acids is 1. The van der Waals surface area contributed by atoms with Crippen molar-refractivity contribution in [3.8, 4) is 0 Å². The van der Waals surface area contributed by atoms with E-state index in [0.29, 0.717) is 65.1 Å². The Morgan fingerprint density at radius 2 is 1.53 bits per heavy atom. The fraction of sp³-hybridized carbons (Fsp3) is 0.714. The largest absolute Gasteiger partial charge is 0.464 e. The van der Waals surface area contributed by atoms with Crippen LogP contribution in [0.3, 0.4) is 0 Å². The smallest absolute Gasteiger partial charge is 0.356 e. The van der Waals surface area contributed by atoms with Crippen LogP contribution in [0.1, 0.15) is 21.7 Å². The van der Waals surface area contributed by atoms with Crippen molar-refractivity contribution in [3.05, 3.63) is 29.1 Å². The molecule has 0 saturated carbocycles. The van der Waals surface area contributed by atoms with E-state index in [4.69, 9.17) is 23.7 Å². The van der Waals surface area contributed by atoms with Gasteiger partial charge in [-0.15, -0.1) is 0 Å². The Morgan fingerprint density at radius 1 is 0.967 bits per heavy atom. The van der Waals surface area contributed by atoms with Gasteiger partial charge in [-0.1, -0.05) is 0 Å². The molecule has 2 rings (SSSR count). The lowest BCUT2D eigenvalue weighted by molar-refractivity contribution is 0.0192. The van der Waals surface area contributed by atoms with Crippen molar-refractivity contribution in [2.24, 2.45) is 0 Å². The number of carbonyl (C=O) groups is 1. The molecule has 0 radical (unpaired) electrons. The van der Waals surface area contributed by atoms with Crippen LogP contribution >= 0.6 is 0 Å². The second-order valence-corrected chi connectivity index (χ2v) is 6.99. The third-order valence-corrected chi connectivity index (χ3v) is 4.50. The van der Waals surface area contributed by atoms with Crippen molar-refractivity contribution in [3.63, 3.8) is 0 Å². The molecule has 0 amide bonds. The predicted molar refractivity (Wildman–Crippen MR) is 112 cm³/mol. The zero-order chi connectivity index (χ0) is 21.4. The third-order valence-electron chi connectivity index (χ3n) is 4.50. The first kappa shape index (κ1) is 24.6. The summed E-state index contributed by atoms with van der Waals surface area (Å²) in [6.07, 6.45) is 0. The molecule has 1 aliphatic rings. The number of hydrogen-bond acceptors (Lipinski definition) is 9. The molecule has 2 heterocycles. The number of ether oxygens (including phenoxy) is 5. The summed E-state index contributed by atoms with van der Waals surface area (Å²) in [4.78, 5) is 18.5. The Kier molecular flexibility index (Phi) is 12.5. The number of rotatable bonds is 3. The number of methoxy groups -OCH3 is 1. The summed E-state index contributed by atoms with van der Waals surface area (Å²) in [6.45, 7) is 10.3. The molecule has 1 N–H and O–H groups in total. The summed E-state index contributed by atoms with van der Waals surface area (Å²) >= 11 is 0. The van der Waals surface area contributed by atoms with Crippen LogP contribution in [0.4, 0.5) is 0 Å². The van der Waals surface area contributed by atoms with Gasteiger partial charge < -0.3 is 29.0 Å². The number of aryl methyl sites for hydroxylation is 1. The van der Waals surface area contributed by atoms with Crippen LogP contribution in [0.2, 0.25) is 0 Å². The van der Waals surface area contributed by atoms with Gasteiger partial charge in [0, 0.05) is 32.7 Å². The first-order chi connectivity index (χ1) is 14.7. The van der Waals surface area contributed by atoms with E-state index in [9.17, 15) is 4.79 Å². The fourth-order valence-corrected chi connectivity index (χ4v) is 2.97. The van der Waals surface area contributed by atoms with Crippen LogP contribution < -0.4 is 5.32 Å². The van der Waals surface area contributed by atoms with Crippen molar-refractivity contribution in [2.45, 2.75) is 13.5 Å². The summed E-state index contributed by atoms with van der Waals surface area (Å²) < 4.78 is 27.3. The summed E-state index contributed by atoms with van der Waals surface area (Å²) in [5.74, 6) is -0.429. The first-order valence-electron chi connectivity index (χ1n) is 10.5. The van der Waals surface area contributed by atoms with Crippen LogP contribution in [0.5, 0.6) is 0 Å². The second kappa shape index (κ2) is 15.2. The van der Waals surface area contributed by atoms with E-state index in [1.54, 1.807) is 6.07 Å². The van der Waals surface area contributed by atoms with Crippen molar-refractivity contribution >= 4 is 5.97 Å². The second-order valence-electron chi connectivity index (χ2n) is 6.99. The Hall–Kier alpha value is -1.62. The topological polar surface area (TPSA) is 91.4 Å². The van der Waals surface area contributed by atoms with Gasteiger partial charge in [0.05, 0.1) is 65.7 Å². The molecule has 0 unspecified atom stereocenters. The molecule has 0 bridgehead atoms. The normalized spacial score (nSPS) is 19.5. The predicted octanol–water partition coefficient (Wildman–Crippen LogP) is 0.648. The van der Waals surface area contributed by atoms with E-state index in [1.165, 1.54) is 7.11 Å². The average Bonchev–Trinajstić information content (AvgIpc) is 2.74. The summed E-state index contributed by atoms with van der Waals surface area (Å²) in [7, 11) is 1.36. The number of hydrogen-bond donors (Lipinski definition) is 1. The van der Waals surface area contributed by atoms with Gasteiger partial charge in [-0.2, -0.15) is 0 Å². The van der Waals surface area contributed by atoms with E-state index in [2.05, 4.69) is 15.2 Å². The number of nitrogens with zero attached hydrogens (tertiary/aromatic N) is 2. The van der Waals surface area contributed by atoms with Crippen LogP contribution in [-0.2, 0) is 30.2 Å². The lowest BCUT2D eigenvalue weighted by atomic mass is 10.2. The molecule has 0 atom stereocenters. The van der Waals surface area contributed by atoms with Crippen LogP contribution in [0, 0.1) is 6.92 Å². The van der Waals surface area contributed by atoms with Gasteiger partial charge in [0.1, 0.15) is 5.69 Å². The fourth-order valence-electron chi connectivity index (χ4n) is 2.97. The monoisotopic (exact) mass is 425 g/mol. The van der Waals surface area contributed by atoms with Crippen molar-refractivity contribution in [1.29, 1.82) is 0 Å². The standard InChI is InChI=1S/C21H35N3O6/c1-18-15-19(23-20(16-18)21(25)26-2)17-24-5-9-29-13-11-27-7-3-22-4-8-28-12-14-30-10-6-24/h15-16,22H,3-14,17H2,1-2H3. The summed E-state index contributed by atoms with van der Waals surface area (Å²) in [5.41, 5.74) is 2.11. The molecule has 1 fully saturated rings. The summed E-state index contributed by atoms with van der Waals surface area (Å²) in [6, 6.07) is 3.71. The van der Waals surface area contributed by atoms with Gasteiger partial charge >= 0.3 is 5.97 Å². The average molecular weight is 426 g/mol. The Bertz CT molecular complexity index is 598. The molecular weight excluding hydrogens is 390 g/mol. The Labute approximate surface area is 179 Å². The van der Waals surface area contributed by atoms with Gasteiger partial charge in [-0.25, -0.2) is 9.78 Å². The van der Waals surface area contributed by atoms with E-state index in [0.717, 1.165) is 37.4 Å². The highest BCUT2D eigenvalue weighted by Crippen LogP contribution is 2.09. The van der Waals surface area contributed by atoms with E-state index >= 15 is 0 Å². The SMILES string of the molecule is COC(=O)c1cc(C)cc(CN2CCOCCOCCNCCOCCOCC2)n1. The number of esters is 1. The molecule has 0 aliphatic carbocycles. The molecule has 30 heavy (non-hydrogen) atoms. The third kappa shape index (κ3) is 10.4. The van der Waals surface area contributed by atoms with Gasteiger partial charge in [-0.3, -0.25) is 4.90 Å². The lowest BCUT2D eigenvalue weighted by Gasteiger charge is -2.22. The van der Waals surface area contributed by atoms with E-state index in [1.807, 2.05) is 13.0 Å². The number of nitrogens with one attached hydrogen (secondary N) is 1. The van der Waals surface area contributed by atoms with Gasteiger partial charge in [0.2, 0.25) is 0 Å². The summed E-state index contributed by atoms with van der Waals surface area (Å²) in [5, 5.41) is 3.26. The maximum atomic E-state index is 11.9. The highest BCUT2D eigenvalue weighted by Gasteiger charge is 2.13. The first-order valence-corrected chi connectivity index (χ1v) is 10.5. The number of pyridine rings is 1. The quantitative estimate of drug-likeness (QED) is 0.701. The highest BCUT2D eigenvalue weighted by molar-refractivity contribution is 5.87. The highest BCUT2D eigenvalue weighted by atomic mass is 16.5. The molecule has 1 saturated heterocycles. The minimum atomic E-state index is -0.429. The zero-order valence-corrected chi connectivity index (χ0v) is 18.2. The molecule has 0 aromatic carbocycles. The lowest BCUT2D eigenvalue weighted by Crippen LogP contribution is -2.32. The minimum Gasteiger partial charge on any atom is -0.464 e. The Balaban J connectivity index is 1.90. The van der Waals surface area contributed by atoms with Crippen molar-refractivity contribution in [2.75, 3.05) is 86.1 Å². The van der Waals surface area contributed by atoms with Crippen LogP contribution in [0.15, 0.2) is 12.1 Å². The van der Waals surface area contributed by atoms with Gasteiger partial charge in [-0.05, 0) is 24.6 Å². The molecule has 1 aliphatic heterocycles. The Morgan fingerprint density at radius 3 is 2.10 bits per heavy atom. The molecule has 1 aromatic heterocycles. The molecular formula is C21H35N3O6. The van der Waals surface area contributed by atoms with E-state index in [-0.39, 0.29) is 0 Å². The molecule has 9 heteroatoms.